The average molecular weight is 218 g/mol. The molecule has 0 fully saturated rings. The van der Waals surface area contributed by atoms with Crippen LogP contribution >= 0.6 is 11.8 Å². The highest BCUT2D eigenvalue weighted by Gasteiger charge is 2.14. The average Bonchev–Trinajstić information content (AvgIpc) is 2.17. The number of carbonyl (C=O) groups is 1. The number of rotatable bonds is 7. The molecule has 0 heterocycles. The van der Waals surface area contributed by atoms with Crippen LogP contribution < -0.4 is 5.73 Å². The van der Waals surface area contributed by atoms with Gasteiger partial charge >= 0.3 is 0 Å². The first-order valence-electron chi connectivity index (χ1n) is 5.08. The Labute approximate surface area is 91.4 Å². The van der Waals surface area contributed by atoms with Gasteiger partial charge in [0.25, 0.3) is 0 Å². The molecule has 0 radical (unpaired) electrons. The van der Waals surface area contributed by atoms with Crippen LogP contribution in [-0.2, 0) is 4.79 Å². The number of carbonyl (C=O) groups excluding carboxylic acids is 1. The molecule has 0 aliphatic carbocycles. The Balaban J connectivity index is 3.74. The fraction of sp³-hybridized carbons (Fsp3) is 0.900. The Kier molecular flexibility index (Phi) is 7.99. The van der Waals surface area contributed by atoms with Crippen molar-refractivity contribution in [3.63, 3.8) is 0 Å². The fourth-order valence-electron chi connectivity index (χ4n) is 1.20. The van der Waals surface area contributed by atoms with Gasteiger partial charge in [-0.05, 0) is 32.6 Å². The summed E-state index contributed by atoms with van der Waals surface area (Å²) in [7, 11) is 1.88. The zero-order chi connectivity index (χ0) is 11.0. The molecule has 0 aromatic heterocycles. The number of hydrogen-bond acceptors (Lipinski definition) is 3. The van der Waals surface area contributed by atoms with E-state index in [4.69, 9.17) is 5.73 Å². The summed E-state index contributed by atoms with van der Waals surface area (Å²) in [5, 5.41) is 0. The van der Waals surface area contributed by atoms with Gasteiger partial charge in [0, 0.05) is 25.3 Å². The van der Waals surface area contributed by atoms with E-state index in [0.717, 1.165) is 18.6 Å². The van der Waals surface area contributed by atoms with E-state index in [-0.39, 0.29) is 5.91 Å². The molecule has 0 bridgehead atoms. The number of thioether (sulfide) groups is 1. The van der Waals surface area contributed by atoms with Crippen LogP contribution in [0.15, 0.2) is 0 Å². The van der Waals surface area contributed by atoms with E-state index in [1.807, 2.05) is 11.9 Å². The van der Waals surface area contributed by atoms with E-state index < -0.39 is 0 Å². The lowest BCUT2D eigenvalue weighted by atomic mass is 10.2. The standard InChI is InChI=1S/C10H22N2OS/c1-9(8-14-3)12(2)10(13)6-4-5-7-11/h9H,4-8,11H2,1-3H3. The summed E-state index contributed by atoms with van der Waals surface area (Å²) >= 11 is 1.77. The van der Waals surface area contributed by atoms with Gasteiger partial charge in [-0.15, -0.1) is 0 Å². The highest BCUT2D eigenvalue weighted by molar-refractivity contribution is 7.98. The zero-order valence-electron chi connectivity index (χ0n) is 9.45. The molecule has 0 aliphatic heterocycles. The normalized spacial score (nSPS) is 12.6. The third-order valence-electron chi connectivity index (χ3n) is 2.31. The second kappa shape index (κ2) is 8.12. The Morgan fingerprint density at radius 1 is 1.50 bits per heavy atom. The Hall–Kier alpha value is -0.220. The van der Waals surface area contributed by atoms with Crippen LogP contribution in [0.4, 0.5) is 0 Å². The van der Waals surface area contributed by atoms with Crippen molar-refractivity contribution in [2.24, 2.45) is 5.73 Å². The van der Waals surface area contributed by atoms with Crippen LogP contribution in [0.1, 0.15) is 26.2 Å². The molecule has 14 heavy (non-hydrogen) atoms. The van der Waals surface area contributed by atoms with Crippen molar-refractivity contribution >= 4 is 17.7 Å². The minimum absolute atomic E-state index is 0.236. The Bertz CT molecular complexity index is 164. The minimum atomic E-state index is 0.236. The van der Waals surface area contributed by atoms with Crippen LogP contribution in [0.5, 0.6) is 0 Å². The summed E-state index contributed by atoms with van der Waals surface area (Å²) in [5.74, 6) is 1.24. The molecule has 3 nitrogen and oxygen atoms in total. The van der Waals surface area contributed by atoms with Crippen LogP contribution in [0.25, 0.3) is 0 Å². The van der Waals surface area contributed by atoms with Gasteiger partial charge in [0.2, 0.25) is 5.91 Å². The smallest absolute Gasteiger partial charge is 0.222 e. The largest absolute Gasteiger partial charge is 0.342 e. The van der Waals surface area contributed by atoms with Gasteiger partial charge in [-0.1, -0.05) is 0 Å². The number of amides is 1. The molecular weight excluding hydrogens is 196 g/mol. The summed E-state index contributed by atoms with van der Waals surface area (Å²) in [6.07, 6.45) is 4.54. The summed E-state index contributed by atoms with van der Waals surface area (Å²) in [6.45, 7) is 2.76. The van der Waals surface area contributed by atoms with E-state index in [2.05, 4.69) is 13.2 Å². The maximum absolute atomic E-state index is 11.6. The van der Waals surface area contributed by atoms with Crippen molar-refractivity contribution < 1.29 is 4.79 Å². The third-order valence-corrected chi connectivity index (χ3v) is 3.12. The van der Waals surface area contributed by atoms with Gasteiger partial charge in [0.15, 0.2) is 0 Å². The van der Waals surface area contributed by atoms with Gasteiger partial charge < -0.3 is 10.6 Å². The first kappa shape index (κ1) is 13.8. The summed E-state index contributed by atoms with van der Waals surface area (Å²) in [5.41, 5.74) is 5.37. The highest BCUT2D eigenvalue weighted by Crippen LogP contribution is 2.06. The molecule has 0 saturated carbocycles. The van der Waals surface area contributed by atoms with Crippen molar-refractivity contribution in [3.05, 3.63) is 0 Å². The maximum Gasteiger partial charge on any atom is 0.222 e. The van der Waals surface area contributed by atoms with Gasteiger partial charge in [0.1, 0.15) is 0 Å². The Morgan fingerprint density at radius 3 is 2.64 bits per heavy atom. The van der Waals surface area contributed by atoms with Crippen LogP contribution in [-0.4, -0.2) is 42.4 Å². The molecule has 84 valence electrons. The molecule has 1 amide bonds. The molecular formula is C10H22N2OS. The van der Waals surface area contributed by atoms with Crippen LogP contribution in [0, 0.1) is 0 Å². The van der Waals surface area contributed by atoms with Gasteiger partial charge in [0.05, 0.1) is 0 Å². The predicted octanol–water partition coefficient (Wildman–Crippen LogP) is 1.33. The van der Waals surface area contributed by atoms with E-state index >= 15 is 0 Å². The van der Waals surface area contributed by atoms with Crippen LogP contribution in [0.3, 0.4) is 0 Å². The molecule has 1 atom stereocenters. The first-order valence-corrected chi connectivity index (χ1v) is 6.47. The lowest BCUT2D eigenvalue weighted by molar-refractivity contribution is -0.131. The SMILES string of the molecule is CSCC(C)N(C)C(=O)CCCCN. The first-order chi connectivity index (χ1) is 6.63. The summed E-state index contributed by atoms with van der Waals surface area (Å²) in [6, 6.07) is 0.329. The third kappa shape index (κ3) is 5.50. The van der Waals surface area contributed by atoms with Gasteiger partial charge in [-0.2, -0.15) is 11.8 Å². The molecule has 0 spiro atoms. The lowest BCUT2D eigenvalue weighted by Gasteiger charge is -2.24. The van der Waals surface area contributed by atoms with Crippen molar-refractivity contribution in [3.8, 4) is 0 Å². The fourth-order valence-corrected chi connectivity index (χ4v) is 1.90. The number of nitrogens with two attached hydrogens (primary N) is 1. The number of unbranched alkanes of at least 4 members (excludes halogenated alkanes) is 1. The molecule has 0 aliphatic rings. The summed E-state index contributed by atoms with van der Waals surface area (Å²) in [4.78, 5) is 13.5. The van der Waals surface area contributed by atoms with Crippen LogP contribution in [0.2, 0.25) is 0 Å². The second-order valence-electron chi connectivity index (χ2n) is 3.55. The molecule has 0 rings (SSSR count). The maximum atomic E-state index is 11.6. The van der Waals surface area contributed by atoms with E-state index in [0.29, 0.717) is 19.0 Å². The number of hydrogen-bond donors (Lipinski definition) is 1. The molecule has 4 heteroatoms. The van der Waals surface area contributed by atoms with Crippen molar-refractivity contribution in [2.75, 3.05) is 25.6 Å². The molecule has 2 N–H and O–H groups in total. The predicted molar refractivity (Wildman–Crippen MR) is 63.5 cm³/mol. The molecule has 0 aromatic rings. The van der Waals surface area contributed by atoms with E-state index in [1.54, 1.807) is 11.8 Å². The molecule has 1 unspecified atom stereocenters. The van der Waals surface area contributed by atoms with E-state index in [9.17, 15) is 4.79 Å². The second-order valence-corrected chi connectivity index (χ2v) is 4.47. The van der Waals surface area contributed by atoms with Crippen molar-refractivity contribution in [1.29, 1.82) is 0 Å². The highest BCUT2D eigenvalue weighted by atomic mass is 32.2. The van der Waals surface area contributed by atoms with Crippen molar-refractivity contribution in [1.82, 2.24) is 4.90 Å². The van der Waals surface area contributed by atoms with Crippen molar-refractivity contribution in [2.45, 2.75) is 32.2 Å². The van der Waals surface area contributed by atoms with E-state index in [1.165, 1.54) is 0 Å². The Morgan fingerprint density at radius 2 is 2.14 bits per heavy atom. The quantitative estimate of drug-likeness (QED) is 0.656. The minimum Gasteiger partial charge on any atom is -0.342 e. The van der Waals surface area contributed by atoms with Gasteiger partial charge in [-0.25, -0.2) is 0 Å². The molecule has 0 aromatic carbocycles. The summed E-state index contributed by atoms with van der Waals surface area (Å²) < 4.78 is 0. The number of nitrogens with zero attached hydrogens (tertiary/aromatic N) is 1. The monoisotopic (exact) mass is 218 g/mol. The molecule has 0 saturated heterocycles. The van der Waals surface area contributed by atoms with Gasteiger partial charge in [-0.3, -0.25) is 4.79 Å². The lowest BCUT2D eigenvalue weighted by Crippen LogP contribution is -2.36. The topological polar surface area (TPSA) is 46.3 Å². The zero-order valence-corrected chi connectivity index (χ0v) is 10.3.